The highest BCUT2D eigenvalue weighted by atomic mass is 16.4. The smallest absolute Gasteiger partial charge is 0.257 e. The fourth-order valence-electron chi connectivity index (χ4n) is 1.74. The number of hydrogen-bond donors (Lipinski definition) is 1. The standard InChI is InChI=1S/C12H6NO3/c14-6-9-11(15)12-8(5-13-9)7-3-1-2-4-10(7)16-12/h1-5,15H. The Bertz CT molecular complexity index is 700. The maximum atomic E-state index is 10.5. The number of benzene rings is 1. The molecule has 4 heteroatoms. The van der Waals surface area contributed by atoms with Crippen molar-refractivity contribution in [1.82, 2.24) is 4.98 Å². The quantitative estimate of drug-likeness (QED) is 0.671. The summed E-state index contributed by atoms with van der Waals surface area (Å²) in [6.45, 7) is 0. The molecule has 0 aliphatic heterocycles. The Morgan fingerprint density at radius 1 is 1.25 bits per heavy atom. The minimum Gasteiger partial charge on any atom is -0.503 e. The Labute approximate surface area is 90.1 Å². The first-order valence-electron chi connectivity index (χ1n) is 4.68. The lowest BCUT2D eigenvalue weighted by Crippen LogP contribution is -1.86. The van der Waals surface area contributed by atoms with Crippen LogP contribution in [0.4, 0.5) is 0 Å². The van der Waals surface area contributed by atoms with Crippen LogP contribution in [0.2, 0.25) is 0 Å². The predicted octanol–water partition coefficient (Wildman–Crippen LogP) is 2.14. The molecule has 3 rings (SSSR count). The fraction of sp³-hybridized carbons (Fsp3) is 0. The predicted molar refractivity (Wildman–Crippen MR) is 58.0 cm³/mol. The summed E-state index contributed by atoms with van der Waals surface area (Å²) in [6, 6.07) is 7.36. The van der Waals surface area contributed by atoms with Gasteiger partial charge in [0.15, 0.2) is 17.0 Å². The molecule has 0 unspecified atom stereocenters. The largest absolute Gasteiger partial charge is 0.503 e. The molecule has 1 aromatic carbocycles. The van der Waals surface area contributed by atoms with Crippen LogP contribution in [-0.4, -0.2) is 16.4 Å². The second-order valence-electron chi connectivity index (χ2n) is 3.40. The average molecular weight is 212 g/mol. The van der Waals surface area contributed by atoms with E-state index in [0.717, 1.165) is 5.39 Å². The van der Waals surface area contributed by atoms with Gasteiger partial charge in [-0.25, -0.2) is 4.98 Å². The molecule has 0 aliphatic carbocycles. The Morgan fingerprint density at radius 2 is 2.06 bits per heavy atom. The number of hydrogen-bond acceptors (Lipinski definition) is 4. The second-order valence-corrected chi connectivity index (χ2v) is 3.40. The average Bonchev–Trinajstić information content (AvgIpc) is 2.69. The number of carbonyl (C=O) groups excluding carboxylic acids is 1. The van der Waals surface area contributed by atoms with Gasteiger partial charge < -0.3 is 9.52 Å². The van der Waals surface area contributed by atoms with Crippen molar-refractivity contribution in [1.29, 1.82) is 0 Å². The van der Waals surface area contributed by atoms with Crippen LogP contribution in [0.15, 0.2) is 34.9 Å². The number of para-hydroxylation sites is 1. The van der Waals surface area contributed by atoms with Crippen molar-refractivity contribution < 1.29 is 14.3 Å². The third kappa shape index (κ3) is 1.04. The van der Waals surface area contributed by atoms with Crippen molar-refractivity contribution in [3.05, 3.63) is 36.2 Å². The van der Waals surface area contributed by atoms with Crippen molar-refractivity contribution >= 4 is 28.2 Å². The molecule has 0 fully saturated rings. The summed E-state index contributed by atoms with van der Waals surface area (Å²) in [7, 11) is 0. The minimum atomic E-state index is -0.260. The second kappa shape index (κ2) is 3.06. The van der Waals surface area contributed by atoms with Gasteiger partial charge in [-0.3, -0.25) is 4.79 Å². The molecule has 2 heterocycles. The lowest BCUT2D eigenvalue weighted by Gasteiger charge is -1.94. The van der Waals surface area contributed by atoms with Crippen LogP contribution in [0.3, 0.4) is 0 Å². The summed E-state index contributed by atoms with van der Waals surface area (Å²) in [6.07, 6.45) is 3.06. The minimum absolute atomic E-state index is 0.133. The third-order valence-electron chi connectivity index (χ3n) is 2.49. The van der Waals surface area contributed by atoms with Crippen molar-refractivity contribution in [2.24, 2.45) is 0 Å². The van der Waals surface area contributed by atoms with Gasteiger partial charge in [0, 0.05) is 11.6 Å². The fourth-order valence-corrected chi connectivity index (χ4v) is 1.74. The number of fused-ring (bicyclic) bond motifs is 3. The molecule has 2 aromatic heterocycles. The summed E-state index contributed by atoms with van der Waals surface area (Å²) in [4.78, 5) is 14.3. The van der Waals surface area contributed by atoms with E-state index in [4.69, 9.17) is 4.42 Å². The van der Waals surface area contributed by atoms with Crippen molar-refractivity contribution in [2.75, 3.05) is 0 Å². The van der Waals surface area contributed by atoms with E-state index in [1.54, 1.807) is 12.4 Å². The molecule has 77 valence electrons. The Kier molecular flexibility index (Phi) is 1.71. The molecular weight excluding hydrogens is 206 g/mol. The lowest BCUT2D eigenvalue weighted by molar-refractivity contribution is 0.463. The van der Waals surface area contributed by atoms with E-state index in [2.05, 4.69) is 4.98 Å². The van der Waals surface area contributed by atoms with Gasteiger partial charge in [-0.1, -0.05) is 18.2 Å². The Hall–Kier alpha value is -2.36. The van der Waals surface area contributed by atoms with Crippen LogP contribution in [0.25, 0.3) is 21.9 Å². The number of aromatic nitrogens is 1. The highest BCUT2D eigenvalue weighted by Crippen LogP contribution is 2.34. The van der Waals surface area contributed by atoms with Crippen molar-refractivity contribution in [3.63, 3.8) is 0 Å². The molecule has 0 amide bonds. The Morgan fingerprint density at radius 3 is 2.88 bits per heavy atom. The first kappa shape index (κ1) is 8.91. The van der Waals surface area contributed by atoms with Gasteiger partial charge in [0.1, 0.15) is 5.58 Å². The normalized spacial score (nSPS) is 11.0. The van der Waals surface area contributed by atoms with Crippen molar-refractivity contribution in [3.8, 4) is 5.75 Å². The summed E-state index contributed by atoms with van der Waals surface area (Å²) >= 11 is 0. The SMILES string of the molecule is O=[C]c1ncc2c(oc3ccccc32)c1O. The maximum Gasteiger partial charge on any atom is 0.257 e. The molecule has 0 bridgehead atoms. The molecule has 16 heavy (non-hydrogen) atoms. The maximum absolute atomic E-state index is 10.5. The highest BCUT2D eigenvalue weighted by Gasteiger charge is 2.14. The summed E-state index contributed by atoms with van der Waals surface area (Å²) < 4.78 is 5.46. The monoisotopic (exact) mass is 212 g/mol. The van der Waals surface area contributed by atoms with E-state index in [1.165, 1.54) is 6.20 Å². The molecule has 0 saturated carbocycles. The third-order valence-corrected chi connectivity index (χ3v) is 2.49. The van der Waals surface area contributed by atoms with E-state index in [1.807, 2.05) is 18.2 Å². The van der Waals surface area contributed by atoms with Gasteiger partial charge in [0.25, 0.3) is 6.29 Å². The first-order valence-corrected chi connectivity index (χ1v) is 4.68. The molecular formula is C12H6NO3. The number of rotatable bonds is 1. The van der Waals surface area contributed by atoms with Crippen molar-refractivity contribution in [2.45, 2.75) is 0 Å². The molecule has 1 N–H and O–H groups in total. The zero-order chi connectivity index (χ0) is 11.1. The molecule has 0 atom stereocenters. The number of aromatic hydroxyl groups is 1. The van der Waals surface area contributed by atoms with E-state index >= 15 is 0 Å². The number of nitrogens with zero attached hydrogens (tertiary/aromatic N) is 1. The topological polar surface area (TPSA) is 63.3 Å². The molecule has 4 nitrogen and oxygen atoms in total. The molecule has 0 saturated heterocycles. The molecule has 3 aromatic rings. The molecule has 0 spiro atoms. The summed E-state index contributed by atoms with van der Waals surface area (Å²) in [5, 5.41) is 11.3. The number of furan rings is 1. The van der Waals surface area contributed by atoms with E-state index in [-0.39, 0.29) is 17.0 Å². The first-order chi connectivity index (χ1) is 7.81. The Balaban J connectivity index is 2.54. The molecule has 0 aliphatic rings. The van der Waals surface area contributed by atoms with E-state index in [9.17, 15) is 9.90 Å². The van der Waals surface area contributed by atoms with Crippen LogP contribution < -0.4 is 0 Å². The van der Waals surface area contributed by atoms with Gasteiger partial charge in [-0.05, 0) is 6.07 Å². The summed E-state index contributed by atoms with van der Waals surface area (Å²) in [5.74, 6) is -0.260. The van der Waals surface area contributed by atoms with E-state index < -0.39 is 0 Å². The van der Waals surface area contributed by atoms with Crippen LogP contribution in [0, 0.1) is 0 Å². The van der Waals surface area contributed by atoms with Gasteiger partial charge in [-0.15, -0.1) is 0 Å². The zero-order valence-corrected chi connectivity index (χ0v) is 8.10. The lowest BCUT2D eigenvalue weighted by atomic mass is 10.2. The highest BCUT2D eigenvalue weighted by molar-refractivity contribution is 6.07. The van der Waals surface area contributed by atoms with Gasteiger partial charge >= 0.3 is 0 Å². The van der Waals surface area contributed by atoms with Gasteiger partial charge in [0.05, 0.1) is 5.39 Å². The molecule has 1 radical (unpaired) electrons. The van der Waals surface area contributed by atoms with Crippen LogP contribution in [-0.2, 0) is 4.79 Å². The van der Waals surface area contributed by atoms with Gasteiger partial charge in [-0.2, -0.15) is 0 Å². The number of pyridine rings is 1. The summed E-state index contributed by atoms with van der Waals surface area (Å²) in [5.41, 5.74) is 0.791. The van der Waals surface area contributed by atoms with Gasteiger partial charge in [0.2, 0.25) is 0 Å². The van der Waals surface area contributed by atoms with Crippen LogP contribution in [0.5, 0.6) is 5.75 Å². The van der Waals surface area contributed by atoms with E-state index in [0.29, 0.717) is 11.0 Å². The van der Waals surface area contributed by atoms with Crippen LogP contribution >= 0.6 is 0 Å². The zero-order valence-electron chi connectivity index (χ0n) is 8.10. The van der Waals surface area contributed by atoms with Crippen LogP contribution in [0.1, 0.15) is 5.69 Å².